The van der Waals surface area contributed by atoms with E-state index >= 15 is 0 Å². The lowest BCUT2D eigenvalue weighted by atomic mass is 9.87. The number of likely N-dealkylation sites (N-methyl/N-ethyl adjacent to an activating group) is 1. The van der Waals surface area contributed by atoms with Crippen LogP contribution in [0.15, 0.2) is 18.2 Å². The van der Waals surface area contributed by atoms with E-state index in [9.17, 15) is 5.11 Å². The molecule has 1 heterocycles. The Balaban J connectivity index is 2.17. The van der Waals surface area contributed by atoms with Crippen LogP contribution in [0.3, 0.4) is 0 Å². The number of nitrogens with zero attached hydrogens (tertiary/aromatic N) is 1. The summed E-state index contributed by atoms with van der Waals surface area (Å²) in [6, 6.07) is 6.37. The number of alkyl halides is 1. The molecule has 100 valence electrons. The normalized spacial score (nSPS) is 18.6. The molecule has 18 heavy (non-hydrogen) atoms. The average Bonchev–Trinajstić information content (AvgIpc) is 2.56. The van der Waals surface area contributed by atoms with Gasteiger partial charge < -0.3 is 15.3 Å². The van der Waals surface area contributed by atoms with E-state index in [0.29, 0.717) is 6.54 Å². The molecule has 1 unspecified atom stereocenters. The Morgan fingerprint density at radius 2 is 2.22 bits per heavy atom. The van der Waals surface area contributed by atoms with E-state index in [-0.39, 0.29) is 11.3 Å². The minimum atomic E-state index is -0.504. The molecule has 2 rings (SSSR count). The largest absolute Gasteiger partial charge is 0.390 e. The molecule has 0 aliphatic carbocycles. The van der Waals surface area contributed by atoms with Crippen molar-refractivity contribution in [2.75, 3.05) is 36.2 Å². The lowest BCUT2D eigenvalue weighted by molar-refractivity contribution is 0.211. The maximum atomic E-state index is 9.45. The third kappa shape index (κ3) is 2.57. The molecule has 0 fully saturated rings. The van der Waals surface area contributed by atoms with Crippen molar-refractivity contribution in [1.82, 2.24) is 0 Å². The lowest BCUT2D eigenvalue weighted by Crippen LogP contribution is -2.25. The Bertz CT molecular complexity index is 434. The third-order valence-corrected chi connectivity index (χ3v) is 3.85. The van der Waals surface area contributed by atoms with Crippen LogP contribution in [-0.2, 0) is 5.41 Å². The molecular weight excluding hydrogens is 248 g/mol. The third-order valence-electron chi connectivity index (χ3n) is 3.49. The van der Waals surface area contributed by atoms with Gasteiger partial charge in [0, 0.05) is 36.9 Å². The maximum Gasteiger partial charge on any atom is 0.0847 e. The van der Waals surface area contributed by atoms with E-state index in [0.717, 1.165) is 12.2 Å². The summed E-state index contributed by atoms with van der Waals surface area (Å²) in [5.74, 6) is 0.256. The van der Waals surface area contributed by atoms with E-state index in [4.69, 9.17) is 11.6 Å². The Morgan fingerprint density at radius 1 is 1.50 bits per heavy atom. The van der Waals surface area contributed by atoms with Gasteiger partial charge in [-0.1, -0.05) is 13.8 Å². The number of halogens is 1. The van der Waals surface area contributed by atoms with Gasteiger partial charge in [0.2, 0.25) is 0 Å². The molecule has 0 spiro atoms. The van der Waals surface area contributed by atoms with Crippen LogP contribution >= 0.6 is 11.6 Å². The van der Waals surface area contributed by atoms with Crippen LogP contribution in [-0.4, -0.2) is 37.2 Å². The first-order valence-electron chi connectivity index (χ1n) is 6.27. The molecule has 0 radical (unpaired) electrons. The van der Waals surface area contributed by atoms with Gasteiger partial charge in [0.05, 0.1) is 12.0 Å². The highest BCUT2D eigenvalue weighted by Crippen LogP contribution is 2.40. The molecular formula is C14H21ClN2O. The van der Waals surface area contributed by atoms with Gasteiger partial charge in [0.25, 0.3) is 0 Å². The number of fused-ring (bicyclic) bond motifs is 1. The highest BCUT2D eigenvalue weighted by atomic mass is 35.5. The van der Waals surface area contributed by atoms with Crippen LogP contribution in [0.4, 0.5) is 11.4 Å². The molecule has 3 nitrogen and oxygen atoms in total. The van der Waals surface area contributed by atoms with Crippen LogP contribution in [0.5, 0.6) is 0 Å². The zero-order valence-electron chi connectivity index (χ0n) is 11.2. The first kappa shape index (κ1) is 13.5. The quantitative estimate of drug-likeness (QED) is 0.824. The monoisotopic (exact) mass is 268 g/mol. The van der Waals surface area contributed by atoms with Gasteiger partial charge >= 0.3 is 0 Å². The van der Waals surface area contributed by atoms with E-state index < -0.39 is 6.10 Å². The fourth-order valence-electron chi connectivity index (χ4n) is 2.57. The summed E-state index contributed by atoms with van der Waals surface area (Å²) in [7, 11) is 2.12. The van der Waals surface area contributed by atoms with Crippen molar-refractivity contribution < 1.29 is 5.11 Å². The standard InChI is InChI=1S/C14H21ClN2O/c1-14(2)9-17(3)13-5-4-10(6-12(13)14)16-8-11(18)7-15/h4-6,11,16,18H,7-9H2,1-3H3. The van der Waals surface area contributed by atoms with Gasteiger partial charge in [0.15, 0.2) is 0 Å². The maximum absolute atomic E-state index is 9.45. The second kappa shape index (κ2) is 4.98. The number of anilines is 2. The van der Waals surface area contributed by atoms with Crippen molar-refractivity contribution in [3.05, 3.63) is 23.8 Å². The van der Waals surface area contributed by atoms with Crippen molar-refractivity contribution in [2.24, 2.45) is 0 Å². The Labute approximate surface area is 114 Å². The van der Waals surface area contributed by atoms with E-state index in [1.54, 1.807) is 0 Å². The van der Waals surface area contributed by atoms with Crippen LogP contribution in [0.25, 0.3) is 0 Å². The molecule has 0 saturated heterocycles. The van der Waals surface area contributed by atoms with Crippen molar-refractivity contribution >= 4 is 23.0 Å². The molecule has 1 aromatic rings. The number of rotatable bonds is 4. The highest BCUT2D eigenvalue weighted by Gasteiger charge is 2.33. The molecule has 1 aliphatic rings. The second-order valence-corrected chi connectivity index (χ2v) is 5.97. The Morgan fingerprint density at radius 3 is 2.89 bits per heavy atom. The fourth-order valence-corrected chi connectivity index (χ4v) is 2.68. The molecule has 0 aromatic heterocycles. The average molecular weight is 269 g/mol. The Kier molecular flexibility index (Phi) is 3.74. The summed E-state index contributed by atoms with van der Waals surface area (Å²) in [6.45, 7) is 6.04. The van der Waals surface area contributed by atoms with Crippen LogP contribution < -0.4 is 10.2 Å². The molecule has 2 N–H and O–H groups in total. The summed E-state index contributed by atoms with van der Waals surface area (Å²) in [5, 5.41) is 12.7. The minimum absolute atomic E-state index is 0.173. The van der Waals surface area contributed by atoms with Crippen molar-refractivity contribution in [3.8, 4) is 0 Å². The lowest BCUT2D eigenvalue weighted by Gasteiger charge is -2.19. The number of hydrogen-bond acceptors (Lipinski definition) is 3. The summed E-state index contributed by atoms with van der Waals surface area (Å²) in [5.41, 5.74) is 3.87. The smallest absolute Gasteiger partial charge is 0.0847 e. The molecule has 0 bridgehead atoms. The summed E-state index contributed by atoms with van der Waals surface area (Å²) in [4.78, 5) is 2.28. The number of aliphatic hydroxyl groups excluding tert-OH is 1. The molecule has 1 aliphatic heterocycles. The minimum Gasteiger partial charge on any atom is -0.390 e. The number of aliphatic hydroxyl groups is 1. The van der Waals surface area contributed by atoms with Gasteiger partial charge in [-0.05, 0) is 23.8 Å². The molecule has 1 aromatic carbocycles. The molecule has 1 atom stereocenters. The van der Waals surface area contributed by atoms with E-state index in [1.165, 1.54) is 11.3 Å². The summed E-state index contributed by atoms with van der Waals surface area (Å²) >= 11 is 5.58. The van der Waals surface area contributed by atoms with Crippen LogP contribution in [0.1, 0.15) is 19.4 Å². The first-order chi connectivity index (χ1) is 8.44. The molecule has 0 saturated carbocycles. The molecule has 0 amide bonds. The van der Waals surface area contributed by atoms with Crippen molar-refractivity contribution in [2.45, 2.75) is 25.4 Å². The van der Waals surface area contributed by atoms with Crippen molar-refractivity contribution in [3.63, 3.8) is 0 Å². The van der Waals surface area contributed by atoms with Crippen molar-refractivity contribution in [1.29, 1.82) is 0 Å². The summed E-state index contributed by atoms with van der Waals surface area (Å²) < 4.78 is 0. The molecule has 4 heteroatoms. The highest BCUT2D eigenvalue weighted by molar-refractivity contribution is 6.18. The van der Waals surface area contributed by atoms with Gasteiger partial charge in [0.1, 0.15) is 0 Å². The van der Waals surface area contributed by atoms with E-state index in [1.807, 2.05) is 0 Å². The van der Waals surface area contributed by atoms with Gasteiger partial charge in [-0.25, -0.2) is 0 Å². The number of benzene rings is 1. The van der Waals surface area contributed by atoms with Gasteiger partial charge in [-0.3, -0.25) is 0 Å². The summed E-state index contributed by atoms with van der Waals surface area (Å²) in [6.07, 6.45) is -0.504. The number of hydrogen-bond donors (Lipinski definition) is 2. The van der Waals surface area contributed by atoms with Crippen LogP contribution in [0, 0.1) is 0 Å². The zero-order chi connectivity index (χ0) is 13.3. The van der Waals surface area contributed by atoms with Crippen LogP contribution in [0.2, 0.25) is 0 Å². The first-order valence-corrected chi connectivity index (χ1v) is 6.81. The predicted molar refractivity (Wildman–Crippen MR) is 78.0 cm³/mol. The number of nitrogens with one attached hydrogen (secondary N) is 1. The Hall–Kier alpha value is -0.930. The van der Waals surface area contributed by atoms with Gasteiger partial charge in [-0.2, -0.15) is 0 Å². The second-order valence-electron chi connectivity index (χ2n) is 5.66. The zero-order valence-corrected chi connectivity index (χ0v) is 12.0. The topological polar surface area (TPSA) is 35.5 Å². The van der Waals surface area contributed by atoms with E-state index in [2.05, 4.69) is 49.3 Å². The van der Waals surface area contributed by atoms with Gasteiger partial charge in [-0.15, -0.1) is 11.6 Å². The predicted octanol–water partition coefficient (Wildman–Crippen LogP) is 2.43. The SMILES string of the molecule is CN1CC(C)(C)c2cc(NCC(O)CCl)ccc21. The fraction of sp³-hybridized carbons (Fsp3) is 0.571.